The first-order chi connectivity index (χ1) is 8.52. The first-order valence-electron chi connectivity index (χ1n) is 5.71. The van der Waals surface area contributed by atoms with Gasteiger partial charge in [-0.3, -0.25) is 0 Å². The van der Waals surface area contributed by atoms with Crippen molar-refractivity contribution in [3.8, 4) is 0 Å². The van der Waals surface area contributed by atoms with E-state index in [9.17, 15) is 0 Å². The van der Waals surface area contributed by atoms with Gasteiger partial charge in [-0.15, -0.1) is 11.6 Å². The molecule has 0 N–H and O–H groups in total. The zero-order chi connectivity index (χ0) is 13.3. The maximum Gasteiger partial charge on any atom is 0.160 e. The molecule has 0 aliphatic carbocycles. The minimum atomic E-state index is -0.146. The Morgan fingerprint density at radius 1 is 1.44 bits per heavy atom. The third-order valence-corrected chi connectivity index (χ3v) is 4.13. The molecule has 3 nitrogen and oxygen atoms in total. The van der Waals surface area contributed by atoms with Crippen molar-refractivity contribution in [3.63, 3.8) is 0 Å². The Labute approximate surface area is 121 Å². The predicted octanol–water partition coefficient (Wildman–Crippen LogP) is 4.14. The molecule has 0 amide bonds. The van der Waals surface area contributed by atoms with E-state index in [0.29, 0.717) is 10.3 Å². The molecule has 2 rings (SSSR count). The molecule has 2 unspecified atom stereocenters. The molecule has 0 bridgehead atoms. The highest BCUT2D eigenvalue weighted by Crippen LogP contribution is 2.26. The molecule has 0 aliphatic heterocycles. The second kappa shape index (κ2) is 5.68. The van der Waals surface area contributed by atoms with E-state index in [1.807, 2.05) is 24.8 Å². The minimum Gasteiger partial charge on any atom is -0.310 e. The molecule has 2 aromatic heterocycles. The van der Waals surface area contributed by atoms with Gasteiger partial charge in [-0.1, -0.05) is 18.5 Å². The number of pyridine rings is 1. The first kappa shape index (κ1) is 14.0. The van der Waals surface area contributed by atoms with Crippen LogP contribution in [0.25, 0.3) is 11.2 Å². The van der Waals surface area contributed by atoms with Crippen molar-refractivity contribution in [2.45, 2.75) is 31.0 Å². The standard InChI is InChI=1S/C12H15Cl2N3S/c1-7(18-3)6-17-11(8(2)13)16-10-4-9(14)5-15-12(10)17/h4-5,7-8H,6H2,1-3H3. The lowest BCUT2D eigenvalue weighted by Gasteiger charge is -2.13. The lowest BCUT2D eigenvalue weighted by atomic mass is 10.4. The van der Waals surface area contributed by atoms with Crippen LogP contribution in [0, 0.1) is 0 Å². The third kappa shape index (κ3) is 2.76. The van der Waals surface area contributed by atoms with Gasteiger partial charge in [0.1, 0.15) is 11.3 Å². The van der Waals surface area contributed by atoms with Gasteiger partial charge in [-0.2, -0.15) is 11.8 Å². The molecule has 2 atom stereocenters. The Kier molecular flexibility index (Phi) is 4.41. The third-order valence-electron chi connectivity index (χ3n) is 2.78. The first-order valence-corrected chi connectivity index (χ1v) is 7.81. The molecule has 0 saturated carbocycles. The molecule has 6 heteroatoms. The van der Waals surface area contributed by atoms with Crippen LogP contribution in [-0.2, 0) is 6.54 Å². The number of halogens is 2. The van der Waals surface area contributed by atoms with Crippen LogP contribution in [0.4, 0.5) is 0 Å². The van der Waals surface area contributed by atoms with Crippen molar-refractivity contribution in [1.82, 2.24) is 14.5 Å². The number of thioether (sulfide) groups is 1. The molecule has 98 valence electrons. The highest BCUT2D eigenvalue weighted by Gasteiger charge is 2.17. The van der Waals surface area contributed by atoms with E-state index in [1.54, 1.807) is 6.20 Å². The minimum absolute atomic E-state index is 0.146. The van der Waals surface area contributed by atoms with E-state index >= 15 is 0 Å². The Balaban J connectivity index is 2.55. The molecule has 0 fully saturated rings. The molecular formula is C12H15Cl2N3S. The van der Waals surface area contributed by atoms with Crippen molar-refractivity contribution < 1.29 is 0 Å². The summed E-state index contributed by atoms with van der Waals surface area (Å²) in [4.78, 5) is 8.91. The summed E-state index contributed by atoms with van der Waals surface area (Å²) in [5.41, 5.74) is 1.65. The van der Waals surface area contributed by atoms with Crippen molar-refractivity contribution >= 4 is 46.1 Å². The van der Waals surface area contributed by atoms with Crippen LogP contribution in [0.5, 0.6) is 0 Å². The van der Waals surface area contributed by atoms with Crippen LogP contribution < -0.4 is 0 Å². The highest BCUT2D eigenvalue weighted by molar-refractivity contribution is 7.99. The number of nitrogens with zero attached hydrogens (tertiary/aromatic N) is 3. The fourth-order valence-electron chi connectivity index (χ4n) is 1.82. The normalized spacial score (nSPS) is 14.9. The molecule has 18 heavy (non-hydrogen) atoms. The van der Waals surface area contributed by atoms with Gasteiger partial charge in [0.15, 0.2) is 5.65 Å². The quantitative estimate of drug-likeness (QED) is 0.796. The number of fused-ring (bicyclic) bond motifs is 1. The van der Waals surface area contributed by atoms with Crippen molar-refractivity contribution in [1.29, 1.82) is 0 Å². The van der Waals surface area contributed by atoms with Gasteiger partial charge in [0.05, 0.1) is 10.4 Å². The number of imidazole rings is 1. The van der Waals surface area contributed by atoms with Gasteiger partial charge >= 0.3 is 0 Å². The zero-order valence-electron chi connectivity index (χ0n) is 10.5. The lowest BCUT2D eigenvalue weighted by Crippen LogP contribution is -2.13. The summed E-state index contributed by atoms with van der Waals surface area (Å²) in [6.45, 7) is 4.94. The molecular weight excluding hydrogens is 289 g/mol. The Bertz CT molecular complexity index is 553. The number of hydrogen-bond donors (Lipinski definition) is 0. The van der Waals surface area contributed by atoms with E-state index in [0.717, 1.165) is 23.5 Å². The summed E-state index contributed by atoms with van der Waals surface area (Å²) in [6, 6.07) is 1.83. The van der Waals surface area contributed by atoms with Gasteiger partial charge < -0.3 is 4.57 Å². The zero-order valence-corrected chi connectivity index (χ0v) is 12.9. The van der Waals surface area contributed by atoms with Gasteiger partial charge in [-0.05, 0) is 19.2 Å². The molecule has 0 aliphatic rings. The van der Waals surface area contributed by atoms with Gasteiger partial charge in [0.2, 0.25) is 0 Å². The van der Waals surface area contributed by atoms with Crippen LogP contribution >= 0.6 is 35.0 Å². The fraction of sp³-hybridized carbons (Fsp3) is 0.500. The SMILES string of the molecule is CSC(C)Cn1c(C(C)Cl)nc2cc(Cl)cnc21. The monoisotopic (exact) mass is 303 g/mol. The number of hydrogen-bond acceptors (Lipinski definition) is 3. The van der Waals surface area contributed by atoms with Crippen molar-refractivity contribution in [3.05, 3.63) is 23.1 Å². The molecule has 2 heterocycles. The van der Waals surface area contributed by atoms with Crippen LogP contribution in [0.2, 0.25) is 5.02 Å². The molecule has 2 aromatic rings. The fourth-order valence-corrected chi connectivity index (χ4v) is 2.44. The average Bonchev–Trinajstić information content (AvgIpc) is 2.67. The number of rotatable bonds is 4. The van der Waals surface area contributed by atoms with Crippen molar-refractivity contribution in [2.24, 2.45) is 0 Å². The summed E-state index contributed by atoms with van der Waals surface area (Å²) in [6.07, 6.45) is 3.74. The maximum absolute atomic E-state index is 6.20. The number of aromatic nitrogens is 3. The maximum atomic E-state index is 6.20. The highest BCUT2D eigenvalue weighted by atomic mass is 35.5. The molecule has 0 saturated heterocycles. The summed E-state index contributed by atoms with van der Waals surface area (Å²) in [7, 11) is 0. The van der Waals surface area contributed by atoms with Crippen LogP contribution in [0.1, 0.15) is 25.0 Å². The Morgan fingerprint density at radius 2 is 2.17 bits per heavy atom. The lowest BCUT2D eigenvalue weighted by molar-refractivity contribution is 0.660. The summed E-state index contributed by atoms with van der Waals surface area (Å²) in [5, 5.41) is 0.930. The second-order valence-corrected chi connectivity index (χ2v) is 6.61. The van der Waals surface area contributed by atoms with Crippen LogP contribution in [0.3, 0.4) is 0 Å². The largest absolute Gasteiger partial charge is 0.310 e. The molecule has 0 spiro atoms. The Hall–Kier alpha value is -0.450. The summed E-state index contributed by atoms with van der Waals surface area (Å²) >= 11 is 13.9. The van der Waals surface area contributed by atoms with Gasteiger partial charge in [0.25, 0.3) is 0 Å². The second-order valence-electron chi connectivity index (χ2n) is 4.24. The number of alkyl halides is 1. The van der Waals surface area contributed by atoms with E-state index in [2.05, 4.69) is 27.7 Å². The predicted molar refractivity (Wildman–Crippen MR) is 79.8 cm³/mol. The smallest absolute Gasteiger partial charge is 0.160 e. The molecule has 0 radical (unpaired) electrons. The topological polar surface area (TPSA) is 30.7 Å². The summed E-state index contributed by atoms with van der Waals surface area (Å²) < 4.78 is 2.09. The van der Waals surface area contributed by atoms with E-state index < -0.39 is 0 Å². The van der Waals surface area contributed by atoms with Crippen LogP contribution in [0.15, 0.2) is 12.3 Å². The van der Waals surface area contributed by atoms with Gasteiger partial charge in [0, 0.05) is 18.0 Å². The summed E-state index contributed by atoms with van der Waals surface area (Å²) in [5.74, 6) is 0.849. The van der Waals surface area contributed by atoms with Gasteiger partial charge in [-0.25, -0.2) is 9.97 Å². The van der Waals surface area contributed by atoms with E-state index in [4.69, 9.17) is 23.2 Å². The van der Waals surface area contributed by atoms with E-state index in [-0.39, 0.29) is 5.38 Å². The molecule has 0 aromatic carbocycles. The van der Waals surface area contributed by atoms with Crippen LogP contribution in [-0.4, -0.2) is 26.0 Å². The van der Waals surface area contributed by atoms with Crippen molar-refractivity contribution in [2.75, 3.05) is 6.26 Å². The van der Waals surface area contributed by atoms with E-state index in [1.165, 1.54) is 0 Å². The average molecular weight is 304 g/mol. The Morgan fingerprint density at radius 3 is 2.78 bits per heavy atom.